The minimum absolute atomic E-state index is 0.703. The molecule has 0 atom stereocenters. The SMILES string of the molecule is CCCOc1cc(N)cc(N(CCC(C)C)C2CC2)c1. The summed E-state index contributed by atoms with van der Waals surface area (Å²) < 4.78 is 5.75. The molecule has 1 aliphatic rings. The fraction of sp³-hybridized carbons (Fsp3) is 0.647. The predicted molar refractivity (Wildman–Crippen MR) is 86.5 cm³/mol. The third-order valence-corrected chi connectivity index (χ3v) is 3.65. The highest BCUT2D eigenvalue weighted by atomic mass is 16.5. The Bertz CT molecular complexity index is 427. The number of nitrogens with two attached hydrogens (primary N) is 1. The van der Waals surface area contributed by atoms with Crippen molar-refractivity contribution < 1.29 is 4.74 Å². The molecule has 1 aromatic rings. The van der Waals surface area contributed by atoms with Crippen LogP contribution in [0.15, 0.2) is 18.2 Å². The Labute approximate surface area is 123 Å². The highest BCUT2D eigenvalue weighted by Crippen LogP contribution is 2.35. The molecule has 1 aliphatic carbocycles. The van der Waals surface area contributed by atoms with Crippen LogP contribution in [0.3, 0.4) is 0 Å². The molecule has 0 unspecified atom stereocenters. The molecule has 0 heterocycles. The lowest BCUT2D eigenvalue weighted by Crippen LogP contribution is -2.27. The van der Waals surface area contributed by atoms with Crippen molar-refractivity contribution >= 4 is 11.4 Å². The zero-order valence-corrected chi connectivity index (χ0v) is 13.1. The molecule has 0 aliphatic heterocycles. The number of hydrogen-bond donors (Lipinski definition) is 1. The molecule has 20 heavy (non-hydrogen) atoms. The Hall–Kier alpha value is -1.38. The van der Waals surface area contributed by atoms with E-state index in [0.717, 1.165) is 36.9 Å². The molecule has 3 heteroatoms. The van der Waals surface area contributed by atoms with Gasteiger partial charge in [0.2, 0.25) is 0 Å². The zero-order valence-electron chi connectivity index (χ0n) is 13.1. The Kier molecular flexibility index (Phi) is 5.16. The quantitative estimate of drug-likeness (QED) is 0.727. The van der Waals surface area contributed by atoms with Gasteiger partial charge in [-0.3, -0.25) is 0 Å². The molecule has 1 fully saturated rings. The van der Waals surface area contributed by atoms with Gasteiger partial charge in [-0.1, -0.05) is 20.8 Å². The minimum atomic E-state index is 0.703. The van der Waals surface area contributed by atoms with Crippen molar-refractivity contribution in [1.82, 2.24) is 0 Å². The van der Waals surface area contributed by atoms with E-state index in [9.17, 15) is 0 Å². The molecule has 0 spiro atoms. The summed E-state index contributed by atoms with van der Waals surface area (Å²) in [5.74, 6) is 1.63. The van der Waals surface area contributed by atoms with Crippen LogP contribution in [-0.4, -0.2) is 19.2 Å². The molecule has 3 nitrogen and oxygen atoms in total. The Morgan fingerprint density at radius 1 is 1.30 bits per heavy atom. The average molecular weight is 276 g/mol. The van der Waals surface area contributed by atoms with Crippen molar-refractivity contribution in [2.75, 3.05) is 23.8 Å². The number of nitrogen functional groups attached to an aromatic ring is 1. The van der Waals surface area contributed by atoms with Gasteiger partial charge in [-0.15, -0.1) is 0 Å². The van der Waals surface area contributed by atoms with Crippen LogP contribution < -0.4 is 15.4 Å². The van der Waals surface area contributed by atoms with Crippen LogP contribution in [0, 0.1) is 5.92 Å². The standard InChI is InChI=1S/C17H28N2O/c1-4-9-20-17-11-14(18)10-16(12-17)19(15-5-6-15)8-7-13(2)3/h10-13,15H,4-9,18H2,1-3H3. The lowest BCUT2D eigenvalue weighted by molar-refractivity contribution is 0.317. The van der Waals surface area contributed by atoms with E-state index in [2.05, 4.69) is 37.8 Å². The van der Waals surface area contributed by atoms with Crippen LogP contribution in [0.5, 0.6) is 5.75 Å². The van der Waals surface area contributed by atoms with E-state index in [-0.39, 0.29) is 0 Å². The first kappa shape index (κ1) is 15.0. The van der Waals surface area contributed by atoms with Gasteiger partial charge in [-0.2, -0.15) is 0 Å². The van der Waals surface area contributed by atoms with Gasteiger partial charge in [0.1, 0.15) is 5.75 Å². The van der Waals surface area contributed by atoms with E-state index in [1.54, 1.807) is 0 Å². The van der Waals surface area contributed by atoms with Crippen LogP contribution in [0.2, 0.25) is 0 Å². The second kappa shape index (κ2) is 6.87. The van der Waals surface area contributed by atoms with E-state index in [1.165, 1.54) is 24.9 Å². The van der Waals surface area contributed by atoms with E-state index in [4.69, 9.17) is 10.5 Å². The van der Waals surface area contributed by atoms with E-state index in [0.29, 0.717) is 6.04 Å². The maximum atomic E-state index is 6.04. The Balaban J connectivity index is 2.12. The smallest absolute Gasteiger partial charge is 0.123 e. The van der Waals surface area contributed by atoms with Crippen LogP contribution >= 0.6 is 0 Å². The highest BCUT2D eigenvalue weighted by Gasteiger charge is 2.29. The molecule has 1 aromatic carbocycles. The first-order valence-corrected chi connectivity index (χ1v) is 7.90. The van der Waals surface area contributed by atoms with E-state index in [1.807, 2.05) is 6.07 Å². The van der Waals surface area contributed by atoms with Crippen LogP contribution in [0.1, 0.15) is 46.5 Å². The lowest BCUT2D eigenvalue weighted by atomic mass is 10.1. The van der Waals surface area contributed by atoms with Gasteiger partial charge in [-0.05, 0) is 37.7 Å². The molecule has 2 N–H and O–H groups in total. The third-order valence-electron chi connectivity index (χ3n) is 3.65. The summed E-state index contributed by atoms with van der Waals surface area (Å²) >= 11 is 0. The van der Waals surface area contributed by atoms with Crippen molar-refractivity contribution in [2.45, 2.75) is 52.5 Å². The number of nitrogens with zero attached hydrogens (tertiary/aromatic N) is 1. The van der Waals surface area contributed by atoms with Gasteiger partial charge in [0.25, 0.3) is 0 Å². The summed E-state index contributed by atoms with van der Waals surface area (Å²) in [5.41, 5.74) is 8.06. The maximum absolute atomic E-state index is 6.04. The van der Waals surface area contributed by atoms with Crippen LogP contribution in [-0.2, 0) is 0 Å². The van der Waals surface area contributed by atoms with Gasteiger partial charge in [0.05, 0.1) is 6.61 Å². The van der Waals surface area contributed by atoms with Crippen molar-refractivity contribution in [2.24, 2.45) is 5.92 Å². The predicted octanol–water partition coefficient (Wildman–Crippen LogP) is 4.07. The maximum Gasteiger partial charge on any atom is 0.123 e. The van der Waals surface area contributed by atoms with Gasteiger partial charge in [0.15, 0.2) is 0 Å². The molecule has 0 saturated heterocycles. The first-order chi connectivity index (χ1) is 9.60. The molecule has 0 bridgehead atoms. The number of ether oxygens (including phenoxy) is 1. The normalized spacial score (nSPS) is 14.6. The van der Waals surface area contributed by atoms with Crippen LogP contribution in [0.4, 0.5) is 11.4 Å². The van der Waals surface area contributed by atoms with Gasteiger partial charge < -0.3 is 15.4 Å². The first-order valence-electron chi connectivity index (χ1n) is 7.90. The summed E-state index contributed by atoms with van der Waals surface area (Å²) in [6.45, 7) is 8.53. The minimum Gasteiger partial charge on any atom is -0.493 e. The second-order valence-corrected chi connectivity index (χ2v) is 6.22. The van der Waals surface area contributed by atoms with Gasteiger partial charge in [0, 0.05) is 36.1 Å². The monoisotopic (exact) mass is 276 g/mol. The molecule has 2 rings (SSSR count). The molecule has 1 saturated carbocycles. The topological polar surface area (TPSA) is 38.5 Å². The fourth-order valence-corrected chi connectivity index (χ4v) is 2.38. The summed E-state index contributed by atoms with van der Waals surface area (Å²) in [4.78, 5) is 2.51. The van der Waals surface area contributed by atoms with Crippen molar-refractivity contribution in [1.29, 1.82) is 0 Å². The van der Waals surface area contributed by atoms with Gasteiger partial charge in [-0.25, -0.2) is 0 Å². The summed E-state index contributed by atoms with van der Waals surface area (Å²) in [7, 11) is 0. The summed E-state index contributed by atoms with van der Waals surface area (Å²) in [6.07, 6.45) is 4.84. The average Bonchev–Trinajstić information content (AvgIpc) is 3.20. The molecular weight excluding hydrogens is 248 g/mol. The number of benzene rings is 1. The lowest BCUT2D eigenvalue weighted by Gasteiger charge is -2.26. The number of rotatable bonds is 8. The molecule has 0 aromatic heterocycles. The second-order valence-electron chi connectivity index (χ2n) is 6.22. The largest absolute Gasteiger partial charge is 0.493 e. The summed E-state index contributed by atoms with van der Waals surface area (Å²) in [5, 5.41) is 0. The Morgan fingerprint density at radius 2 is 2.05 bits per heavy atom. The van der Waals surface area contributed by atoms with Crippen molar-refractivity contribution in [3.63, 3.8) is 0 Å². The van der Waals surface area contributed by atoms with Gasteiger partial charge >= 0.3 is 0 Å². The number of anilines is 2. The number of hydrogen-bond acceptors (Lipinski definition) is 3. The fourth-order valence-electron chi connectivity index (χ4n) is 2.38. The van der Waals surface area contributed by atoms with E-state index >= 15 is 0 Å². The van der Waals surface area contributed by atoms with E-state index < -0.39 is 0 Å². The van der Waals surface area contributed by atoms with Crippen molar-refractivity contribution in [3.05, 3.63) is 18.2 Å². The molecule has 0 amide bonds. The molecule has 0 radical (unpaired) electrons. The third kappa shape index (κ3) is 4.32. The Morgan fingerprint density at radius 3 is 2.65 bits per heavy atom. The summed E-state index contributed by atoms with van der Waals surface area (Å²) in [6, 6.07) is 6.85. The van der Waals surface area contributed by atoms with Crippen LogP contribution in [0.25, 0.3) is 0 Å². The highest BCUT2D eigenvalue weighted by molar-refractivity contribution is 5.61. The molecule has 112 valence electrons. The molecular formula is C17H28N2O. The van der Waals surface area contributed by atoms with Crippen molar-refractivity contribution in [3.8, 4) is 5.75 Å². The zero-order chi connectivity index (χ0) is 14.5.